The number of carbonyl (C=O) groups is 1. The fourth-order valence-electron chi connectivity index (χ4n) is 3.69. The Morgan fingerprint density at radius 3 is 2.35 bits per heavy atom. The van der Waals surface area contributed by atoms with Crippen molar-refractivity contribution in [1.82, 2.24) is 18.7 Å². The summed E-state index contributed by atoms with van der Waals surface area (Å²) in [6.45, 7) is 1.13. The molecule has 0 aliphatic carbocycles. The number of nitrogens with zero attached hydrogens (tertiary/aromatic N) is 4. The van der Waals surface area contributed by atoms with Crippen molar-refractivity contribution in [3.05, 3.63) is 50.7 Å². The first-order valence-corrected chi connectivity index (χ1v) is 9.29. The van der Waals surface area contributed by atoms with Crippen molar-refractivity contribution in [3.8, 4) is 11.4 Å². The third-order valence-electron chi connectivity index (χ3n) is 5.13. The fraction of sp³-hybridized carbons (Fsp3) is 0.316. The maximum Gasteiger partial charge on any atom is 0.332 e. The molecule has 0 fully saturated rings. The Morgan fingerprint density at radius 1 is 1.10 bits per heavy atom. The van der Waals surface area contributed by atoms with E-state index in [9.17, 15) is 14.4 Å². The Kier molecular flexibility index (Phi) is 7.60. The minimum atomic E-state index is -0.901. The van der Waals surface area contributed by atoms with E-state index >= 15 is 0 Å². The van der Waals surface area contributed by atoms with E-state index in [0.29, 0.717) is 43.0 Å². The largest absolute Gasteiger partial charge is 0.481 e. The average Bonchev–Trinajstić information content (AvgIpc) is 3.27. The molecule has 0 spiro atoms. The molecule has 0 atom stereocenters. The van der Waals surface area contributed by atoms with Crippen LogP contribution in [0.5, 0.6) is 0 Å². The van der Waals surface area contributed by atoms with Crippen molar-refractivity contribution in [2.75, 3.05) is 0 Å². The van der Waals surface area contributed by atoms with Crippen LogP contribution in [0.1, 0.15) is 24.8 Å². The second kappa shape index (κ2) is 9.60. The molecule has 166 valence electrons. The van der Waals surface area contributed by atoms with Crippen LogP contribution in [0.2, 0.25) is 0 Å². The van der Waals surface area contributed by atoms with Crippen molar-refractivity contribution >= 4 is 56.9 Å². The number of hydrogen-bond acceptors (Lipinski definition) is 5. The Morgan fingerprint density at radius 2 is 1.74 bits per heavy atom. The number of rotatable bonds is 7. The van der Waals surface area contributed by atoms with Gasteiger partial charge in [-0.15, -0.1) is 34.0 Å². The molecule has 0 saturated carbocycles. The number of halogens is 2. The SMILES string of the molecule is Br.Br.N=C(N)c1ccc(-c2nc3c(=O)n(CCCCC(=O)O)c(=O)n4c3n2CC4)cc1. The molecule has 0 saturated heterocycles. The van der Waals surface area contributed by atoms with E-state index in [0.717, 1.165) is 10.1 Å². The highest BCUT2D eigenvalue weighted by Gasteiger charge is 2.26. The average molecular weight is 558 g/mol. The Labute approximate surface area is 197 Å². The summed E-state index contributed by atoms with van der Waals surface area (Å²) in [5.74, 6) is -0.349. The number of aromatic nitrogens is 4. The third-order valence-corrected chi connectivity index (χ3v) is 5.13. The molecule has 4 rings (SSSR count). The van der Waals surface area contributed by atoms with Gasteiger partial charge in [-0.25, -0.2) is 9.78 Å². The molecule has 1 aromatic carbocycles. The summed E-state index contributed by atoms with van der Waals surface area (Å²) in [6, 6.07) is 7.00. The van der Waals surface area contributed by atoms with Crippen LogP contribution in [-0.4, -0.2) is 35.6 Å². The second-order valence-electron chi connectivity index (χ2n) is 6.99. The van der Waals surface area contributed by atoms with E-state index in [1.807, 2.05) is 4.57 Å². The highest BCUT2D eigenvalue weighted by Crippen LogP contribution is 2.26. The van der Waals surface area contributed by atoms with Crippen molar-refractivity contribution in [2.24, 2.45) is 5.73 Å². The van der Waals surface area contributed by atoms with Crippen molar-refractivity contribution in [2.45, 2.75) is 38.9 Å². The zero-order valence-corrected chi connectivity index (χ0v) is 19.8. The molecule has 0 amide bonds. The van der Waals surface area contributed by atoms with Gasteiger partial charge in [-0.1, -0.05) is 24.3 Å². The van der Waals surface area contributed by atoms with Crippen LogP contribution in [0, 0.1) is 5.41 Å². The van der Waals surface area contributed by atoms with Gasteiger partial charge in [0.2, 0.25) is 0 Å². The summed E-state index contributed by atoms with van der Waals surface area (Å²) < 4.78 is 4.56. The summed E-state index contributed by atoms with van der Waals surface area (Å²) in [5, 5.41) is 16.2. The molecular weight excluding hydrogens is 536 g/mol. The molecule has 4 N–H and O–H groups in total. The van der Waals surface area contributed by atoms with Crippen LogP contribution in [0.15, 0.2) is 33.9 Å². The molecule has 12 heteroatoms. The number of carboxylic acids is 1. The smallest absolute Gasteiger partial charge is 0.332 e. The molecule has 1 aliphatic heterocycles. The summed E-state index contributed by atoms with van der Waals surface area (Å²) in [7, 11) is 0. The minimum absolute atomic E-state index is 0. The number of nitrogens with one attached hydrogen (secondary N) is 1. The molecule has 10 nitrogen and oxygen atoms in total. The van der Waals surface area contributed by atoms with Gasteiger partial charge in [-0.3, -0.25) is 24.1 Å². The maximum absolute atomic E-state index is 12.9. The predicted octanol–water partition coefficient (Wildman–Crippen LogP) is 1.74. The second-order valence-corrected chi connectivity index (χ2v) is 6.99. The van der Waals surface area contributed by atoms with E-state index in [1.165, 1.54) is 0 Å². The lowest BCUT2D eigenvalue weighted by molar-refractivity contribution is -0.137. The lowest BCUT2D eigenvalue weighted by Crippen LogP contribution is -2.39. The molecule has 0 bridgehead atoms. The lowest BCUT2D eigenvalue weighted by atomic mass is 10.1. The number of unbranched alkanes of at least 4 members (excludes halogenated alkanes) is 1. The number of aliphatic carboxylic acids is 1. The first-order valence-electron chi connectivity index (χ1n) is 9.29. The fourth-order valence-corrected chi connectivity index (χ4v) is 3.69. The van der Waals surface area contributed by atoms with E-state index in [-0.39, 0.29) is 58.3 Å². The summed E-state index contributed by atoms with van der Waals surface area (Å²) >= 11 is 0. The summed E-state index contributed by atoms with van der Waals surface area (Å²) in [4.78, 5) is 40.9. The maximum atomic E-state index is 12.9. The van der Waals surface area contributed by atoms with E-state index < -0.39 is 17.2 Å². The molecular formula is C19H22Br2N6O4. The molecule has 3 heterocycles. The molecule has 0 unspecified atom stereocenters. The number of benzene rings is 1. The quantitative estimate of drug-likeness (QED) is 0.229. The van der Waals surface area contributed by atoms with E-state index in [4.69, 9.17) is 16.2 Å². The van der Waals surface area contributed by atoms with Crippen LogP contribution >= 0.6 is 34.0 Å². The summed E-state index contributed by atoms with van der Waals surface area (Å²) in [6.07, 6.45) is 0.814. The van der Waals surface area contributed by atoms with Crippen molar-refractivity contribution in [3.63, 3.8) is 0 Å². The zero-order valence-electron chi connectivity index (χ0n) is 16.4. The van der Waals surface area contributed by atoms with Crippen LogP contribution in [0.25, 0.3) is 22.6 Å². The number of nitrogen functional groups attached to an aromatic ring is 1. The number of carboxylic acid groups (broad SMARTS) is 1. The highest BCUT2D eigenvalue weighted by atomic mass is 79.9. The van der Waals surface area contributed by atoms with Crippen molar-refractivity contribution < 1.29 is 9.90 Å². The first kappa shape index (κ1) is 24.5. The lowest BCUT2D eigenvalue weighted by Gasteiger charge is -2.07. The van der Waals surface area contributed by atoms with Crippen LogP contribution in [0.3, 0.4) is 0 Å². The predicted molar refractivity (Wildman–Crippen MR) is 127 cm³/mol. The monoisotopic (exact) mass is 556 g/mol. The highest BCUT2D eigenvalue weighted by molar-refractivity contribution is 8.93. The Hall–Kier alpha value is -2.73. The van der Waals surface area contributed by atoms with Gasteiger partial charge in [0, 0.05) is 37.2 Å². The van der Waals surface area contributed by atoms with Gasteiger partial charge in [0.25, 0.3) is 5.56 Å². The van der Waals surface area contributed by atoms with Gasteiger partial charge < -0.3 is 15.4 Å². The standard InChI is InChI=1S/C19H20N6O4.2BrH/c20-15(21)11-4-6-12(7-5-11)16-22-14-17-23(16)9-10-24(17)19(29)25(18(14)28)8-2-1-3-13(26)27;;/h4-7H,1-3,8-10H2,(H3,20,21)(H,26,27);2*1H. The van der Waals surface area contributed by atoms with Gasteiger partial charge in [-0.05, 0) is 12.8 Å². The molecule has 0 radical (unpaired) electrons. The van der Waals surface area contributed by atoms with Gasteiger partial charge in [0.05, 0.1) is 0 Å². The number of imidazole rings is 1. The van der Waals surface area contributed by atoms with Crippen LogP contribution in [-0.2, 0) is 24.4 Å². The van der Waals surface area contributed by atoms with Crippen LogP contribution < -0.4 is 17.0 Å². The number of amidine groups is 1. The van der Waals surface area contributed by atoms with Gasteiger partial charge in [-0.2, -0.15) is 0 Å². The Balaban J connectivity index is 0.00000171. The van der Waals surface area contributed by atoms with E-state index in [1.54, 1.807) is 28.8 Å². The Bertz CT molecular complexity index is 1260. The van der Waals surface area contributed by atoms with Gasteiger partial charge in [0.1, 0.15) is 11.7 Å². The topological polar surface area (TPSA) is 149 Å². The van der Waals surface area contributed by atoms with Gasteiger partial charge >= 0.3 is 11.7 Å². The van der Waals surface area contributed by atoms with Crippen LogP contribution in [0.4, 0.5) is 0 Å². The molecule has 31 heavy (non-hydrogen) atoms. The first-order chi connectivity index (χ1) is 13.9. The summed E-state index contributed by atoms with van der Waals surface area (Å²) in [5.41, 5.74) is 6.73. The minimum Gasteiger partial charge on any atom is -0.481 e. The zero-order chi connectivity index (χ0) is 20.7. The van der Waals surface area contributed by atoms with E-state index in [2.05, 4.69) is 4.98 Å². The van der Waals surface area contributed by atoms with Gasteiger partial charge in [0.15, 0.2) is 11.2 Å². The third kappa shape index (κ3) is 4.35. The molecule has 3 aromatic rings. The molecule has 2 aromatic heterocycles. The molecule has 1 aliphatic rings. The number of aryl methyl sites for hydroxylation is 2. The number of nitrogens with two attached hydrogens (primary N) is 1. The normalized spacial score (nSPS) is 11.7. The number of hydrogen-bond donors (Lipinski definition) is 3. The van der Waals surface area contributed by atoms with Crippen molar-refractivity contribution in [1.29, 1.82) is 5.41 Å².